The van der Waals surface area contributed by atoms with Crippen molar-refractivity contribution in [3.05, 3.63) is 36.4 Å². The van der Waals surface area contributed by atoms with E-state index in [0.717, 1.165) is 12.1 Å². The fraction of sp³-hybridized carbons (Fsp3) is 0.417. The molecule has 2 heterocycles. The molecule has 0 bridgehead atoms. The minimum absolute atomic E-state index is 0.0369. The topological polar surface area (TPSA) is 76.8 Å². The first-order valence-corrected chi connectivity index (χ1v) is 6.09. The van der Waals surface area contributed by atoms with E-state index < -0.39 is 0 Å². The van der Waals surface area contributed by atoms with Gasteiger partial charge in [-0.15, -0.1) is 5.10 Å². The van der Waals surface area contributed by atoms with Gasteiger partial charge in [-0.2, -0.15) is 0 Å². The molecule has 0 fully saturated rings. The number of carbonyl (C=O) groups excluding carboxylic acids is 1. The lowest BCUT2D eigenvalue weighted by molar-refractivity contribution is -0.133. The fourth-order valence-electron chi connectivity index (χ4n) is 1.93. The van der Waals surface area contributed by atoms with Gasteiger partial charge in [0.2, 0.25) is 5.91 Å². The smallest absolute Gasteiger partial charge is 0.244 e. The largest absolute Gasteiger partial charge is 0.336 e. The molecular weight excluding hydrogens is 244 g/mol. The van der Waals surface area contributed by atoms with Crippen LogP contribution in [-0.2, 0) is 11.3 Å². The van der Waals surface area contributed by atoms with E-state index in [2.05, 4.69) is 20.5 Å². The molecule has 2 rings (SSSR count). The fourth-order valence-corrected chi connectivity index (χ4v) is 1.93. The van der Waals surface area contributed by atoms with E-state index in [1.165, 1.54) is 11.0 Å². The van der Waals surface area contributed by atoms with E-state index in [-0.39, 0.29) is 18.5 Å². The maximum atomic E-state index is 12.2. The average Bonchev–Trinajstić information content (AvgIpc) is 2.93. The summed E-state index contributed by atoms with van der Waals surface area (Å²) in [5.41, 5.74) is 0.887. The van der Waals surface area contributed by atoms with Crippen molar-refractivity contribution < 1.29 is 4.79 Å². The summed E-state index contributed by atoms with van der Waals surface area (Å²) in [4.78, 5) is 18.2. The van der Waals surface area contributed by atoms with Crippen molar-refractivity contribution in [1.82, 2.24) is 30.1 Å². The van der Waals surface area contributed by atoms with Crippen LogP contribution in [0.25, 0.3) is 0 Å². The van der Waals surface area contributed by atoms with E-state index in [1.807, 2.05) is 25.1 Å². The minimum atomic E-state index is -0.0511. The van der Waals surface area contributed by atoms with Gasteiger partial charge in [-0.25, -0.2) is 4.68 Å². The average molecular weight is 260 g/mol. The summed E-state index contributed by atoms with van der Waals surface area (Å²) in [6.07, 6.45) is 3.96. The molecule has 0 aliphatic carbocycles. The molecule has 0 saturated heterocycles. The van der Waals surface area contributed by atoms with Crippen molar-refractivity contribution in [3.8, 4) is 0 Å². The molecule has 0 aliphatic heterocycles. The molecule has 19 heavy (non-hydrogen) atoms. The quantitative estimate of drug-likeness (QED) is 0.790. The second-order valence-electron chi connectivity index (χ2n) is 4.19. The molecule has 0 radical (unpaired) electrons. The van der Waals surface area contributed by atoms with E-state index in [4.69, 9.17) is 0 Å². The zero-order valence-corrected chi connectivity index (χ0v) is 11.0. The molecule has 2 aromatic heterocycles. The third-order valence-electron chi connectivity index (χ3n) is 2.97. The summed E-state index contributed by atoms with van der Waals surface area (Å²) < 4.78 is 1.41. The number of hydrogen-bond donors (Lipinski definition) is 0. The Hall–Kier alpha value is -2.31. The standard InChI is InChI=1S/C12H16N6O/c1-3-11(10-6-4-5-7-13-10)17(2)12(19)8-18-9-14-15-16-18/h4-7,9,11H,3,8H2,1-2H3. The Bertz CT molecular complexity index is 512. The molecule has 0 N–H and O–H groups in total. The van der Waals surface area contributed by atoms with Gasteiger partial charge >= 0.3 is 0 Å². The van der Waals surface area contributed by atoms with Crippen LogP contribution in [0.4, 0.5) is 0 Å². The Morgan fingerprint density at radius 2 is 2.32 bits per heavy atom. The first kappa shape index (κ1) is 13.1. The zero-order chi connectivity index (χ0) is 13.7. The predicted octanol–water partition coefficient (Wildman–Crippen LogP) is 0.678. The molecule has 1 amide bonds. The maximum Gasteiger partial charge on any atom is 0.244 e. The molecule has 1 unspecified atom stereocenters. The van der Waals surface area contributed by atoms with Crippen LogP contribution >= 0.6 is 0 Å². The van der Waals surface area contributed by atoms with Crippen LogP contribution in [-0.4, -0.2) is 43.0 Å². The highest BCUT2D eigenvalue weighted by Crippen LogP contribution is 2.20. The van der Waals surface area contributed by atoms with Gasteiger partial charge in [0.15, 0.2) is 0 Å². The summed E-state index contributed by atoms with van der Waals surface area (Å²) in [6, 6.07) is 5.67. The minimum Gasteiger partial charge on any atom is -0.336 e. The van der Waals surface area contributed by atoms with E-state index >= 15 is 0 Å². The highest BCUT2D eigenvalue weighted by atomic mass is 16.2. The number of amides is 1. The normalized spacial score (nSPS) is 12.1. The summed E-state index contributed by atoms with van der Waals surface area (Å²) in [5, 5.41) is 10.7. The Labute approximate surface area is 111 Å². The summed E-state index contributed by atoms with van der Waals surface area (Å²) in [7, 11) is 1.77. The summed E-state index contributed by atoms with van der Waals surface area (Å²) >= 11 is 0. The number of hydrogen-bond acceptors (Lipinski definition) is 5. The molecule has 100 valence electrons. The SMILES string of the molecule is CCC(c1ccccn1)N(C)C(=O)Cn1cnnn1. The number of carbonyl (C=O) groups is 1. The summed E-state index contributed by atoms with van der Waals surface area (Å²) in [6.45, 7) is 2.16. The third kappa shape index (κ3) is 3.12. The molecule has 2 aromatic rings. The molecule has 0 saturated carbocycles. The van der Waals surface area contributed by atoms with E-state index in [1.54, 1.807) is 18.1 Å². The monoisotopic (exact) mass is 260 g/mol. The third-order valence-corrected chi connectivity index (χ3v) is 2.97. The number of aromatic nitrogens is 5. The number of pyridine rings is 1. The highest BCUT2D eigenvalue weighted by Gasteiger charge is 2.21. The number of likely N-dealkylation sites (N-methyl/N-ethyl adjacent to an activating group) is 1. The first-order chi connectivity index (χ1) is 9.22. The summed E-state index contributed by atoms with van der Waals surface area (Å²) in [5.74, 6) is -0.0511. The molecular formula is C12H16N6O. The van der Waals surface area contributed by atoms with Gasteiger partial charge < -0.3 is 4.90 Å². The maximum absolute atomic E-state index is 12.2. The Morgan fingerprint density at radius 3 is 2.89 bits per heavy atom. The van der Waals surface area contributed by atoms with Crippen LogP contribution in [0.15, 0.2) is 30.7 Å². The second-order valence-corrected chi connectivity index (χ2v) is 4.19. The van der Waals surface area contributed by atoms with Gasteiger partial charge in [-0.3, -0.25) is 9.78 Å². The molecule has 1 atom stereocenters. The van der Waals surface area contributed by atoms with Crippen molar-refractivity contribution in [2.24, 2.45) is 0 Å². The van der Waals surface area contributed by atoms with Crippen LogP contribution in [0.1, 0.15) is 25.1 Å². The van der Waals surface area contributed by atoms with Gasteiger partial charge in [0.25, 0.3) is 0 Å². The van der Waals surface area contributed by atoms with Crippen molar-refractivity contribution in [3.63, 3.8) is 0 Å². The number of nitrogens with zero attached hydrogens (tertiary/aromatic N) is 6. The Kier molecular flexibility index (Phi) is 4.17. The van der Waals surface area contributed by atoms with Gasteiger partial charge in [0.05, 0.1) is 11.7 Å². The van der Waals surface area contributed by atoms with Gasteiger partial charge in [-0.05, 0) is 29.0 Å². The van der Waals surface area contributed by atoms with Crippen LogP contribution in [0.3, 0.4) is 0 Å². The Morgan fingerprint density at radius 1 is 1.47 bits per heavy atom. The van der Waals surface area contributed by atoms with Gasteiger partial charge in [0, 0.05) is 13.2 Å². The van der Waals surface area contributed by atoms with Crippen LogP contribution in [0.5, 0.6) is 0 Å². The van der Waals surface area contributed by atoms with E-state index in [0.29, 0.717) is 0 Å². The number of rotatable bonds is 5. The lowest BCUT2D eigenvalue weighted by atomic mass is 10.1. The van der Waals surface area contributed by atoms with E-state index in [9.17, 15) is 4.79 Å². The van der Waals surface area contributed by atoms with Crippen molar-refractivity contribution in [2.75, 3.05) is 7.05 Å². The Balaban J connectivity index is 2.08. The van der Waals surface area contributed by atoms with Crippen molar-refractivity contribution >= 4 is 5.91 Å². The zero-order valence-electron chi connectivity index (χ0n) is 11.0. The predicted molar refractivity (Wildman–Crippen MR) is 67.9 cm³/mol. The lowest BCUT2D eigenvalue weighted by Crippen LogP contribution is -2.34. The second kappa shape index (κ2) is 6.03. The molecule has 0 aromatic carbocycles. The highest BCUT2D eigenvalue weighted by molar-refractivity contribution is 5.76. The van der Waals surface area contributed by atoms with Crippen molar-refractivity contribution in [2.45, 2.75) is 25.9 Å². The van der Waals surface area contributed by atoms with Crippen LogP contribution in [0.2, 0.25) is 0 Å². The van der Waals surface area contributed by atoms with Crippen LogP contribution in [0, 0.1) is 0 Å². The van der Waals surface area contributed by atoms with Gasteiger partial charge in [-0.1, -0.05) is 13.0 Å². The molecule has 7 heteroatoms. The van der Waals surface area contributed by atoms with Crippen molar-refractivity contribution in [1.29, 1.82) is 0 Å². The first-order valence-electron chi connectivity index (χ1n) is 6.09. The van der Waals surface area contributed by atoms with Crippen LogP contribution < -0.4 is 0 Å². The lowest BCUT2D eigenvalue weighted by Gasteiger charge is -2.26. The molecule has 0 aliphatic rings. The molecule has 7 nitrogen and oxygen atoms in total. The molecule has 0 spiro atoms. The van der Waals surface area contributed by atoms with Gasteiger partial charge in [0.1, 0.15) is 12.9 Å². The number of tetrazole rings is 1.